The van der Waals surface area contributed by atoms with Gasteiger partial charge in [-0.1, -0.05) is 47.1 Å². The minimum Gasteiger partial charge on any atom is -0.342 e. The van der Waals surface area contributed by atoms with E-state index in [1.807, 2.05) is 6.92 Å². The normalized spacial score (nSPS) is 11.6. The van der Waals surface area contributed by atoms with Crippen LogP contribution in [0.15, 0.2) is 47.6 Å². The summed E-state index contributed by atoms with van der Waals surface area (Å²) >= 11 is 13.3. The molecular formula is C21H20Cl2N6O4S. The van der Waals surface area contributed by atoms with Crippen LogP contribution in [-0.4, -0.2) is 37.3 Å². The third-order valence-electron chi connectivity index (χ3n) is 4.68. The summed E-state index contributed by atoms with van der Waals surface area (Å²) in [6, 6.07) is 10.1. The van der Waals surface area contributed by atoms with Gasteiger partial charge in [0.15, 0.2) is 11.0 Å². The molecule has 1 aromatic heterocycles. The largest absolute Gasteiger partial charge is 0.342 e. The standard InChI is InChI=1S/C21H20Cl2N6O4S/c1-3-28-19(12(2)24-20(31)14-6-4-5-7-15(14)22)26-27-21(28)34-11-18(30)25-17-10-13(29(32)33)8-9-16(17)23/h4-10,12H,3,11H2,1-2H3,(H,24,31)(H,25,30)/t12-/m0/s1. The van der Waals surface area contributed by atoms with E-state index in [1.54, 1.807) is 35.8 Å². The molecule has 3 rings (SSSR count). The first-order valence-corrected chi connectivity index (χ1v) is 11.8. The molecule has 0 bridgehead atoms. The van der Waals surface area contributed by atoms with Crippen LogP contribution < -0.4 is 10.6 Å². The summed E-state index contributed by atoms with van der Waals surface area (Å²) in [5.74, 6) is -0.268. The Morgan fingerprint density at radius 3 is 2.59 bits per heavy atom. The fourth-order valence-electron chi connectivity index (χ4n) is 3.05. The van der Waals surface area contributed by atoms with E-state index < -0.39 is 16.9 Å². The molecule has 1 atom stereocenters. The van der Waals surface area contributed by atoms with Gasteiger partial charge in [0, 0.05) is 18.7 Å². The maximum Gasteiger partial charge on any atom is 0.271 e. The summed E-state index contributed by atoms with van der Waals surface area (Å²) in [4.78, 5) is 35.4. The van der Waals surface area contributed by atoms with Gasteiger partial charge in [0.05, 0.1) is 38.0 Å². The number of carbonyl (C=O) groups excluding carboxylic acids is 2. The van der Waals surface area contributed by atoms with Crippen LogP contribution in [0.1, 0.15) is 36.1 Å². The van der Waals surface area contributed by atoms with E-state index in [-0.39, 0.29) is 28.1 Å². The van der Waals surface area contributed by atoms with Crippen molar-refractivity contribution in [2.24, 2.45) is 0 Å². The Labute approximate surface area is 209 Å². The quantitative estimate of drug-likeness (QED) is 0.235. The first-order valence-electron chi connectivity index (χ1n) is 10.1. The van der Waals surface area contributed by atoms with Crippen LogP contribution in [0.2, 0.25) is 10.0 Å². The lowest BCUT2D eigenvalue weighted by atomic mass is 10.2. The fourth-order valence-corrected chi connectivity index (χ4v) is 4.24. The second kappa shape index (κ2) is 11.3. The van der Waals surface area contributed by atoms with Crippen LogP contribution in [0, 0.1) is 10.1 Å². The van der Waals surface area contributed by atoms with Crippen LogP contribution in [0.25, 0.3) is 0 Å². The van der Waals surface area contributed by atoms with Gasteiger partial charge in [0.2, 0.25) is 5.91 Å². The Bertz CT molecular complexity index is 1240. The molecule has 1 heterocycles. The predicted molar refractivity (Wildman–Crippen MR) is 130 cm³/mol. The number of nitro groups is 1. The van der Waals surface area contributed by atoms with E-state index in [1.165, 1.54) is 18.2 Å². The highest BCUT2D eigenvalue weighted by Crippen LogP contribution is 2.27. The minimum atomic E-state index is -0.572. The number of benzene rings is 2. The summed E-state index contributed by atoms with van der Waals surface area (Å²) in [5.41, 5.74) is 0.315. The number of hydrogen-bond donors (Lipinski definition) is 2. The maximum atomic E-state index is 12.6. The smallest absolute Gasteiger partial charge is 0.271 e. The number of amides is 2. The lowest BCUT2D eigenvalue weighted by Crippen LogP contribution is -2.29. The van der Waals surface area contributed by atoms with Crippen LogP contribution in [-0.2, 0) is 11.3 Å². The van der Waals surface area contributed by atoms with E-state index >= 15 is 0 Å². The molecule has 3 aromatic rings. The highest BCUT2D eigenvalue weighted by molar-refractivity contribution is 7.99. The molecule has 0 radical (unpaired) electrons. The number of halogens is 2. The topological polar surface area (TPSA) is 132 Å². The van der Waals surface area contributed by atoms with Crippen molar-refractivity contribution in [3.05, 3.63) is 74.0 Å². The summed E-state index contributed by atoms with van der Waals surface area (Å²) < 4.78 is 1.79. The Kier molecular flexibility index (Phi) is 8.48. The molecule has 13 heteroatoms. The second-order valence-corrected chi connectivity index (χ2v) is 8.78. The number of thioether (sulfide) groups is 1. The third-order valence-corrected chi connectivity index (χ3v) is 6.31. The van der Waals surface area contributed by atoms with Gasteiger partial charge in [-0.25, -0.2) is 0 Å². The number of non-ortho nitro benzene ring substituents is 1. The molecule has 2 amide bonds. The van der Waals surface area contributed by atoms with Crippen LogP contribution in [0.3, 0.4) is 0 Å². The van der Waals surface area contributed by atoms with E-state index in [9.17, 15) is 19.7 Å². The first kappa shape index (κ1) is 25.5. The van der Waals surface area contributed by atoms with Gasteiger partial charge in [-0.3, -0.25) is 19.7 Å². The number of carbonyl (C=O) groups is 2. The number of aromatic nitrogens is 3. The van der Waals surface area contributed by atoms with E-state index in [0.717, 1.165) is 11.8 Å². The molecule has 0 saturated carbocycles. The molecular weight excluding hydrogens is 503 g/mol. The van der Waals surface area contributed by atoms with Crippen molar-refractivity contribution in [2.45, 2.75) is 31.6 Å². The molecule has 178 valence electrons. The van der Waals surface area contributed by atoms with Crippen molar-refractivity contribution in [2.75, 3.05) is 11.1 Å². The van der Waals surface area contributed by atoms with Gasteiger partial charge >= 0.3 is 0 Å². The van der Waals surface area contributed by atoms with Crippen molar-refractivity contribution in [3.8, 4) is 0 Å². The molecule has 10 nitrogen and oxygen atoms in total. The number of nitro benzene ring substituents is 1. The lowest BCUT2D eigenvalue weighted by Gasteiger charge is -2.15. The number of nitrogens with zero attached hydrogens (tertiary/aromatic N) is 4. The Balaban J connectivity index is 1.66. The summed E-state index contributed by atoms with van der Waals surface area (Å²) in [5, 5.41) is 25.7. The van der Waals surface area contributed by atoms with Crippen LogP contribution >= 0.6 is 35.0 Å². The zero-order valence-corrected chi connectivity index (χ0v) is 20.4. The average molecular weight is 523 g/mol. The second-order valence-electron chi connectivity index (χ2n) is 7.02. The summed E-state index contributed by atoms with van der Waals surface area (Å²) in [6.45, 7) is 4.17. The number of hydrogen-bond acceptors (Lipinski definition) is 7. The van der Waals surface area contributed by atoms with Gasteiger partial charge in [-0.15, -0.1) is 10.2 Å². The zero-order valence-electron chi connectivity index (χ0n) is 18.1. The highest BCUT2D eigenvalue weighted by atomic mass is 35.5. The SMILES string of the molecule is CCn1c(SCC(=O)Nc2cc([N+](=O)[O-])ccc2Cl)nnc1[C@H](C)NC(=O)c1ccccc1Cl. The molecule has 2 aromatic carbocycles. The van der Waals surface area contributed by atoms with Gasteiger partial charge < -0.3 is 15.2 Å². The molecule has 0 aliphatic rings. The average Bonchev–Trinajstić information content (AvgIpc) is 3.22. The number of anilines is 1. The number of rotatable bonds is 9. The maximum absolute atomic E-state index is 12.6. The Morgan fingerprint density at radius 1 is 1.18 bits per heavy atom. The first-order chi connectivity index (χ1) is 16.2. The zero-order chi connectivity index (χ0) is 24.8. The monoisotopic (exact) mass is 522 g/mol. The number of nitrogens with one attached hydrogen (secondary N) is 2. The molecule has 0 spiro atoms. The van der Waals surface area contributed by atoms with Crippen LogP contribution in [0.5, 0.6) is 0 Å². The fraction of sp³-hybridized carbons (Fsp3) is 0.238. The van der Waals surface area contributed by atoms with Crippen LogP contribution in [0.4, 0.5) is 11.4 Å². The summed E-state index contributed by atoms with van der Waals surface area (Å²) in [7, 11) is 0. The van der Waals surface area contributed by atoms with Gasteiger partial charge in [-0.2, -0.15) is 0 Å². The Hall–Kier alpha value is -3.15. The van der Waals surface area contributed by atoms with Crippen molar-refractivity contribution in [3.63, 3.8) is 0 Å². The Morgan fingerprint density at radius 2 is 1.91 bits per heavy atom. The molecule has 0 saturated heterocycles. The van der Waals surface area contributed by atoms with E-state index in [0.29, 0.717) is 28.1 Å². The third kappa shape index (κ3) is 6.04. The van der Waals surface area contributed by atoms with E-state index in [4.69, 9.17) is 23.2 Å². The van der Waals surface area contributed by atoms with Crippen molar-refractivity contribution in [1.82, 2.24) is 20.1 Å². The van der Waals surface area contributed by atoms with Crippen molar-refractivity contribution < 1.29 is 14.5 Å². The van der Waals surface area contributed by atoms with Gasteiger partial charge in [0.1, 0.15) is 0 Å². The predicted octanol–water partition coefficient (Wildman–Crippen LogP) is 4.73. The van der Waals surface area contributed by atoms with E-state index in [2.05, 4.69) is 20.8 Å². The lowest BCUT2D eigenvalue weighted by molar-refractivity contribution is -0.384. The molecule has 34 heavy (non-hydrogen) atoms. The van der Waals surface area contributed by atoms with Crippen molar-refractivity contribution >= 4 is 58.2 Å². The molecule has 0 aliphatic heterocycles. The van der Waals surface area contributed by atoms with Crippen molar-refractivity contribution in [1.29, 1.82) is 0 Å². The summed E-state index contributed by atoms with van der Waals surface area (Å²) in [6.07, 6.45) is 0. The molecule has 2 N–H and O–H groups in total. The molecule has 0 aliphatic carbocycles. The highest BCUT2D eigenvalue weighted by Gasteiger charge is 2.21. The van der Waals surface area contributed by atoms with Gasteiger partial charge in [-0.05, 0) is 32.0 Å². The molecule has 0 fully saturated rings. The molecule has 0 unspecified atom stereocenters. The van der Waals surface area contributed by atoms with Gasteiger partial charge in [0.25, 0.3) is 11.6 Å². The minimum absolute atomic E-state index is 0.0302.